The smallest absolute Gasteiger partial charge is 0.108 e. The molecule has 1 aliphatic rings. The molecule has 3 nitrogen and oxygen atoms in total. The molecule has 0 saturated carbocycles. The summed E-state index contributed by atoms with van der Waals surface area (Å²) in [5.41, 5.74) is 3.27. The van der Waals surface area contributed by atoms with Crippen LogP contribution in [-0.2, 0) is 18.6 Å². The molecule has 2 aromatic rings. The number of rotatable bonds is 5. The third kappa shape index (κ3) is 3.12. The summed E-state index contributed by atoms with van der Waals surface area (Å²) in [6, 6.07) is 10.6. The number of aliphatic hydroxyl groups is 1. The number of benzene rings is 1. The van der Waals surface area contributed by atoms with Gasteiger partial charge in [0, 0.05) is 37.2 Å². The van der Waals surface area contributed by atoms with Crippen LogP contribution in [0.15, 0.2) is 35.7 Å². The lowest BCUT2D eigenvalue weighted by Gasteiger charge is -2.22. The summed E-state index contributed by atoms with van der Waals surface area (Å²) in [7, 11) is 2.14. The van der Waals surface area contributed by atoms with Gasteiger partial charge in [-0.2, -0.15) is 0 Å². The molecule has 1 atom stereocenters. The zero-order chi connectivity index (χ0) is 14.9. The van der Waals surface area contributed by atoms with Crippen molar-refractivity contribution >= 4 is 17.0 Å². The van der Waals surface area contributed by atoms with Crippen molar-refractivity contribution in [2.45, 2.75) is 25.5 Å². The minimum Gasteiger partial charge on any atom is -0.383 e. The van der Waals surface area contributed by atoms with E-state index in [1.165, 1.54) is 16.8 Å². The van der Waals surface area contributed by atoms with Crippen LogP contribution in [0, 0.1) is 0 Å². The predicted molar refractivity (Wildman–Crippen MR) is 89.0 cm³/mol. The molecule has 0 aliphatic carbocycles. The van der Waals surface area contributed by atoms with Crippen molar-refractivity contribution in [3.8, 4) is 0 Å². The quantitative estimate of drug-likeness (QED) is 0.891. The summed E-state index contributed by atoms with van der Waals surface area (Å²) in [4.78, 5) is 3.30. The molecule has 0 spiro atoms. The van der Waals surface area contributed by atoms with Gasteiger partial charge < -0.3 is 15.3 Å². The van der Waals surface area contributed by atoms with Crippen molar-refractivity contribution in [3.05, 3.63) is 51.7 Å². The van der Waals surface area contributed by atoms with E-state index in [0.29, 0.717) is 6.54 Å². The number of likely N-dealkylation sites (N-methyl/N-ethyl adjacent to an activating group) is 1. The van der Waals surface area contributed by atoms with Gasteiger partial charge in [-0.25, -0.2) is 0 Å². The third-order valence-electron chi connectivity index (χ3n) is 4.12. The lowest BCUT2D eigenvalue weighted by Crippen LogP contribution is -2.34. The van der Waals surface area contributed by atoms with Gasteiger partial charge in [0.05, 0.1) is 0 Å². The van der Waals surface area contributed by atoms with E-state index < -0.39 is 5.60 Å². The molecule has 0 amide bonds. The highest BCUT2D eigenvalue weighted by Crippen LogP contribution is 2.28. The fourth-order valence-electron chi connectivity index (χ4n) is 2.85. The molecule has 4 heteroatoms. The molecule has 0 bridgehead atoms. The summed E-state index contributed by atoms with van der Waals surface area (Å²) in [6.07, 6.45) is 1.13. The highest BCUT2D eigenvalue weighted by molar-refractivity contribution is 7.10. The van der Waals surface area contributed by atoms with Crippen molar-refractivity contribution in [1.29, 1.82) is 0 Å². The second-order valence-corrected chi connectivity index (χ2v) is 6.94. The van der Waals surface area contributed by atoms with Crippen molar-refractivity contribution < 1.29 is 5.11 Å². The van der Waals surface area contributed by atoms with Gasteiger partial charge in [-0.15, -0.1) is 11.3 Å². The highest BCUT2D eigenvalue weighted by Gasteiger charge is 2.23. The van der Waals surface area contributed by atoms with Crippen LogP contribution >= 0.6 is 11.3 Å². The zero-order valence-corrected chi connectivity index (χ0v) is 13.4. The molecular weight excluding hydrogens is 280 g/mol. The molecule has 3 rings (SSSR count). The Morgan fingerprint density at radius 1 is 1.38 bits per heavy atom. The van der Waals surface area contributed by atoms with Crippen molar-refractivity contribution in [3.63, 3.8) is 0 Å². The SMILES string of the molecule is CN1CCc2cc(CNCC(C)(O)c3cccs3)ccc21. The van der Waals surface area contributed by atoms with Crippen LogP contribution in [0.5, 0.6) is 0 Å². The minimum atomic E-state index is -0.800. The molecule has 0 saturated heterocycles. The topological polar surface area (TPSA) is 35.5 Å². The fourth-order valence-corrected chi connectivity index (χ4v) is 3.64. The van der Waals surface area contributed by atoms with E-state index in [1.807, 2.05) is 24.4 Å². The molecule has 0 radical (unpaired) electrons. The summed E-state index contributed by atoms with van der Waals surface area (Å²) < 4.78 is 0. The van der Waals surface area contributed by atoms with Crippen LogP contribution in [0.4, 0.5) is 5.69 Å². The largest absolute Gasteiger partial charge is 0.383 e. The third-order valence-corrected chi connectivity index (χ3v) is 5.25. The normalized spacial score (nSPS) is 16.8. The van der Waals surface area contributed by atoms with Crippen molar-refractivity contribution in [1.82, 2.24) is 5.32 Å². The van der Waals surface area contributed by atoms with Crippen LogP contribution in [0.3, 0.4) is 0 Å². The number of hydrogen-bond acceptors (Lipinski definition) is 4. The van der Waals surface area contributed by atoms with Crippen LogP contribution in [0.2, 0.25) is 0 Å². The molecule has 2 N–H and O–H groups in total. The first-order valence-corrected chi connectivity index (χ1v) is 8.24. The van der Waals surface area contributed by atoms with Crippen LogP contribution in [0.1, 0.15) is 22.9 Å². The summed E-state index contributed by atoms with van der Waals surface area (Å²) in [5.74, 6) is 0. The Labute approximate surface area is 130 Å². The molecule has 21 heavy (non-hydrogen) atoms. The highest BCUT2D eigenvalue weighted by atomic mass is 32.1. The van der Waals surface area contributed by atoms with Crippen molar-refractivity contribution in [2.75, 3.05) is 25.0 Å². The number of thiophene rings is 1. The van der Waals surface area contributed by atoms with E-state index in [2.05, 4.69) is 35.5 Å². The Morgan fingerprint density at radius 2 is 2.24 bits per heavy atom. The van der Waals surface area contributed by atoms with E-state index >= 15 is 0 Å². The molecule has 1 aromatic carbocycles. The number of anilines is 1. The lowest BCUT2D eigenvalue weighted by molar-refractivity contribution is 0.0604. The van der Waals surface area contributed by atoms with Gasteiger partial charge >= 0.3 is 0 Å². The Kier molecular flexibility index (Phi) is 4.02. The maximum absolute atomic E-state index is 10.5. The van der Waals surface area contributed by atoms with Gasteiger partial charge in [0.2, 0.25) is 0 Å². The number of nitrogens with zero attached hydrogens (tertiary/aromatic N) is 1. The number of nitrogens with one attached hydrogen (secondary N) is 1. The average molecular weight is 302 g/mol. The van der Waals surface area contributed by atoms with E-state index in [-0.39, 0.29) is 0 Å². The van der Waals surface area contributed by atoms with Crippen molar-refractivity contribution in [2.24, 2.45) is 0 Å². The molecule has 0 fully saturated rings. The number of hydrogen-bond donors (Lipinski definition) is 2. The maximum atomic E-state index is 10.5. The monoisotopic (exact) mass is 302 g/mol. The van der Waals surface area contributed by atoms with Crippen LogP contribution in [0.25, 0.3) is 0 Å². The first-order valence-electron chi connectivity index (χ1n) is 7.36. The van der Waals surface area contributed by atoms with E-state index in [1.54, 1.807) is 11.3 Å². The molecule has 2 heterocycles. The van der Waals surface area contributed by atoms with Gasteiger partial charge in [-0.3, -0.25) is 0 Å². The predicted octanol–water partition coefficient (Wildman–Crippen LogP) is 2.74. The molecule has 1 aromatic heterocycles. The van der Waals surface area contributed by atoms with Crippen LogP contribution in [-0.4, -0.2) is 25.2 Å². The minimum absolute atomic E-state index is 0.560. The first-order chi connectivity index (χ1) is 10.1. The number of fused-ring (bicyclic) bond motifs is 1. The van der Waals surface area contributed by atoms with Crippen LogP contribution < -0.4 is 10.2 Å². The van der Waals surface area contributed by atoms with Gasteiger partial charge in [-0.05, 0) is 42.0 Å². The maximum Gasteiger partial charge on any atom is 0.108 e. The Bertz CT molecular complexity index is 607. The molecular formula is C17H22N2OS. The Morgan fingerprint density at radius 3 is 3.00 bits per heavy atom. The molecule has 1 aliphatic heterocycles. The van der Waals surface area contributed by atoms with Gasteiger partial charge in [0.1, 0.15) is 5.60 Å². The lowest BCUT2D eigenvalue weighted by atomic mass is 10.0. The van der Waals surface area contributed by atoms with E-state index in [4.69, 9.17) is 0 Å². The van der Waals surface area contributed by atoms with Gasteiger partial charge in [0.25, 0.3) is 0 Å². The second kappa shape index (κ2) is 5.79. The average Bonchev–Trinajstić information content (AvgIpc) is 3.09. The Balaban J connectivity index is 1.59. The zero-order valence-electron chi connectivity index (χ0n) is 12.6. The summed E-state index contributed by atoms with van der Waals surface area (Å²) in [5, 5.41) is 15.9. The summed E-state index contributed by atoms with van der Waals surface area (Å²) in [6.45, 7) is 4.33. The molecule has 1 unspecified atom stereocenters. The second-order valence-electron chi connectivity index (χ2n) is 5.99. The van der Waals surface area contributed by atoms with E-state index in [0.717, 1.165) is 24.4 Å². The van der Waals surface area contributed by atoms with Gasteiger partial charge in [0.15, 0.2) is 0 Å². The van der Waals surface area contributed by atoms with E-state index in [9.17, 15) is 5.11 Å². The standard InChI is InChI=1S/C17H22N2OS/c1-17(20,16-4-3-9-21-16)12-18-11-13-5-6-15-14(10-13)7-8-19(15)2/h3-6,9-10,18,20H,7-8,11-12H2,1-2H3. The molecule has 112 valence electrons. The fraction of sp³-hybridized carbons (Fsp3) is 0.412. The summed E-state index contributed by atoms with van der Waals surface area (Å²) >= 11 is 1.60. The van der Waals surface area contributed by atoms with Gasteiger partial charge in [-0.1, -0.05) is 18.2 Å². The first kappa shape index (κ1) is 14.6. The Hall–Kier alpha value is -1.36.